The summed E-state index contributed by atoms with van der Waals surface area (Å²) in [5.41, 5.74) is 2.53. The highest BCUT2D eigenvalue weighted by Crippen LogP contribution is 2.78. The molecule has 0 unspecified atom stereocenters. The van der Waals surface area contributed by atoms with Crippen LogP contribution in [0.1, 0.15) is 25.3 Å². The van der Waals surface area contributed by atoms with Crippen LogP contribution < -0.4 is 5.32 Å². The molecule has 0 aromatic heterocycles. The van der Waals surface area contributed by atoms with Gasteiger partial charge in [0.15, 0.2) is 0 Å². The van der Waals surface area contributed by atoms with Crippen molar-refractivity contribution in [3.63, 3.8) is 0 Å². The molecule has 3 heterocycles. The van der Waals surface area contributed by atoms with Gasteiger partial charge in [0, 0.05) is 29.1 Å². The lowest BCUT2D eigenvalue weighted by atomic mass is 9.57. The average Bonchev–Trinajstić information content (AvgIpc) is 3.29. The summed E-state index contributed by atoms with van der Waals surface area (Å²) < 4.78 is 5.30. The molecule has 25 heavy (non-hydrogen) atoms. The molecule has 3 spiro atoms. The number of anilines is 1. The third-order valence-electron chi connectivity index (χ3n) is 8.47. The molecule has 2 saturated carbocycles. The van der Waals surface area contributed by atoms with Crippen LogP contribution in [0.5, 0.6) is 0 Å². The number of para-hydroxylation sites is 1. The van der Waals surface area contributed by atoms with Crippen LogP contribution in [0.15, 0.2) is 36.4 Å². The van der Waals surface area contributed by atoms with Crippen LogP contribution in [0, 0.1) is 17.3 Å². The van der Waals surface area contributed by atoms with E-state index in [9.17, 15) is 4.79 Å². The summed E-state index contributed by atoms with van der Waals surface area (Å²) in [5, 5.41) is 3.92. The molecule has 4 heteroatoms. The third-order valence-corrected chi connectivity index (χ3v) is 8.47. The second kappa shape index (κ2) is 4.12. The maximum absolute atomic E-state index is 12.9. The normalized spacial score (nSPS) is 48.0. The molecule has 1 aromatic rings. The maximum Gasteiger partial charge on any atom is 0.311 e. The van der Waals surface area contributed by atoms with Gasteiger partial charge in [-0.15, -0.1) is 0 Å². The van der Waals surface area contributed by atoms with Gasteiger partial charge < -0.3 is 10.1 Å². The number of nitrogens with zero attached hydrogens (tertiary/aromatic N) is 1. The molecule has 1 saturated heterocycles. The molecule has 0 amide bonds. The fourth-order valence-electron chi connectivity index (χ4n) is 7.93. The van der Waals surface area contributed by atoms with Crippen molar-refractivity contribution in [2.75, 3.05) is 25.5 Å². The van der Waals surface area contributed by atoms with Crippen LogP contribution in [-0.4, -0.2) is 42.6 Å². The molecule has 6 rings (SSSR count). The largest absolute Gasteiger partial charge is 0.469 e. The van der Waals surface area contributed by atoms with E-state index in [0.717, 1.165) is 25.9 Å². The van der Waals surface area contributed by atoms with Gasteiger partial charge in [0.2, 0.25) is 0 Å². The summed E-state index contributed by atoms with van der Waals surface area (Å²) in [5.74, 6) is 0.277. The standard InChI is InChI=1S/C21H24N2O2/c1-13-19-8-5-10-23-11-9-20(18(19)23)14-6-3-4-7-16(14)22-21(13,20)15(12-19)17(24)25-2/h3-8,13,15,18,22H,9-12H2,1-2H3/t13-,15-,18+,19+,20-,21+/m1/s1. The van der Waals surface area contributed by atoms with Gasteiger partial charge in [0.1, 0.15) is 0 Å². The van der Waals surface area contributed by atoms with Gasteiger partial charge in [0.05, 0.1) is 18.6 Å². The van der Waals surface area contributed by atoms with Crippen LogP contribution in [0.4, 0.5) is 5.69 Å². The Hall–Kier alpha value is -1.81. The molecule has 5 aliphatic rings. The molecular weight excluding hydrogens is 312 g/mol. The maximum atomic E-state index is 12.9. The molecular formula is C21H24N2O2. The number of benzene rings is 1. The number of fused-ring (bicyclic) bond motifs is 1. The number of ether oxygens (including phenoxy) is 1. The summed E-state index contributed by atoms with van der Waals surface area (Å²) in [7, 11) is 1.54. The number of hydrogen-bond acceptors (Lipinski definition) is 4. The summed E-state index contributed by atoms with van der Waals surface area (Å²) in [4.78, 5) is 15.6. The molecule has 1 N–H and O–H groups in total. The van der Waals surface area contributed by atoms with Gasteiger partial charge in [-0.25, -0.2) is 0 Å². The van der Waals surface area contributed by atoms with E-state index in [1.165, 1.54) is 18.4 Å². The van der Waals surface area contributed by atoms with E-state index < -0.39 is 0 Å². The van der Waals surface area contributed by atoms with E-state index in [1.807, 2.05) is 0 Å². The summed E-state index contributed by atoms with van der Waals surface area (Å²) >= 11 is 0. The highest BCUT2D eigenvalue weighted by molar-refractivity contribution is 5.82. The molecule has 130 valence electrons. The van der Waals surface area contributed by atoms with Crippen molar-refractivity contribution in [1.29, 1.82) is 0 Å². The fraction of sp³-hybridized carbons (Fsp3) is 0.571. The Morgan fingerprint density at radius 2 is 2.20 bits per heavy atom. The number of hydrogen-bond donors (Lipinski definition) is 1. The van der Waals surface area contributed by atoms with Crippen molar-refractivity contribution in [2.24, 2.45) is 17.3 Å². The smallest absolute Gasteiger partial charge is 0.311 e. The van der Waals surface area contributed by atoms with Crippen molar-refractivity contribution in [3.8, 4) is 0 Å². The number of esters is 1. The monoisotopic (exact) mass is 336 g/mol. The Balaban J connectivity index is 1.69. The molecule has 3 aliphatic heterocycles. The van der Waals surface area contributed by atoms with Crippen LogP contribution in [-0.2, 0) is 14.9 Å². The van der Waals surface area contributed by atoms with Crippen LogP contribution in [0.3, 0.4) is 0 Å². The van der Waals surface area contributed by atoms with Crippen LogP contribution >= 0.6 is 0 Å². The van der Waals surface area contributed by atoms with Gasteiger partial charge >= 0.3 is 5.97 Å². The molecule has 1 aromatic carbocycles. The van der Waals surface area contributed by atoms with Crippen molar-refractivity contribution < 1.29 is 9.53 Å². The Morgan fingerprint density at radius 3 is 3.04 bits per heavy atom. The fourth-order valence-corrected chi connectivity index (χ4v) is 7.93. The van der Waals surface area contributed by atoms with Crippen LogP contribution in [0.25, 0.3) is 0 Å². The molecule has 2 aliphatic carbocycles. The van der Waals surface area contributed by atoms with Crippen molar-refractivity contribution >= 4 is 11.7 Å². The average molecular weight is 336 g/mol. The second-order valence-electron chi connectivity index (χ2n) is 8.67. The Labute approximate surface area is 148 Å². The predicted molar refractivity (Wildman–Crippen MR) is 95.3 cm³/mol. The highest BCUT2D eigenvalue weighted by Gasteiger charge is 2.85. The quantitative estimate of drug-likeness (QED) is 0.632. The van der Waals surface area contributed by atoms with E-state index in [0.29, 0.717) is 12.0 Å². The third kappa shape index (κ3) is 1.19. The van der Waals surface area contributed by atoms with Crippen molar-refractivity contribution in [1.82, 2.24) is 4.90 Å². The van der Waals surface area contributed by atoms with Crippen LogP contribution in [0.2, 0.25) is 0 Å². The lowest BCUT2D eigenvalue weighted by Crippen LogP contribution is -2.63. The molecule has 6 atom stereocenters. The minimum atomic E-state index is -0.224. The zero-order chi connectivity index (χ0) is 17.0. The van der Waals surface area contributed by atoms with E-state index in [2.05, 4.69) is 53.6 Å². The molecule has 3 fully saturated rings. The zero-order valence-electron chi connectivity index (χ0n) is 14.8. The SMILES string of the molecule is COC(=O)[C@H]1C[C@@]23C=CCN4CC[C@@]5(c6ccccc6N[C@@]15[C@@H]2C)[C@@H]43. The first-order valence-corrected chi connectivity index (χ1v) is 9.49. The van der Waals surface area contributed by atoms with Gasteiger partial charge in [-0.2, -0.15) is 0 Å². The Bertz CT molecular complexity index is 835. The van der Waals surface area contributed by atoms with Gasteiger partial charge in [0.25, 0.3) is 0 Å². The molecule has 0 radical (unpaired) electrons. The lowest BCUT2D eigenvalue weighted by molar-refractivity contribution is -0.149. The van der Waals surface area contributed by atoms with Gasteiger partial charge in [-0.05, 0) is 36.9 Å². The number of methoxy groups -OCH3 is 1. The van der Waals surface area contributed by atoms with Gasteiger partial charge in [-0.1, -0.05) is 37.3 Å². The minimum Gasteiger partial charge on any atom is -0.469 e. The van der Waals surface area contributed by atoms with E-state index in [4.69, 9.17) is 4.74 Å². The minimum absolute atomic E-state index is 0.0187. The van der Waals surface area contributed by atoms with Crippen molar-refractivity contribution in [3.05, 3.63) is 42.0 Å². The number of carbonyl (C=O) groups is 1. The van der Waals surface area contributed by atoms with E-state index in [-0.39, 0.29) is 28.3 Å². The Kier molecular flexibility index (Phi) is 2.37. The summed E-state index contributed by atoms with van der Waals surface area (Å²) in [6.45, 7) is 4.53. The summed E-state index contributed by atoms with van der Waals surface area (Å²) in [6.07, 6.45) is 6.83. The number of nitrogens with one attached hydrogen (secondary N) is 1. The first-order valence-electron chi connectivity index (χ1n) is 9.49. The first kappa shape index (κ1) is 14.4. The van der Waals surface area contributed by atoms with E-state index in [1.54, 1.807) is 0 Å². The zero-order valence-corrected chi connectivity index (χ0v) is 14.8. The topological polar surface area (TPSA) is 41.6 Å². The molecule has 2 bridgehead atoms. The van der Waals surface area contributed by atoms with Crippen molar-refractivity contribution in [2.45, 2.75) is 36.8 Å². The van der Waals surface area contributed by atoms with Gasteiger partial charge in [-0.3, -0.25) is 9.69 Å². The Morgan fingerprint density at radius 1 is 1.36 bits per heavy atom. The highest BCUT2D eigenvalue weighted by atomic mass is 16.5. The second-order valence-corrected chi connectivity index (χ2v) is 8.67. The predicted octanol–water partition coefficient (Wildman–Crippen LogP) is 2.56. The summed E-state index contributed by atoms with van der Waals surface area (Å²) in [6, 6.07) is 9.25. The van der Waals surface area contributed by atoms with E-state index >= 15 is 0 Å². The molecule has 4 nitrogen and oxygen atoms in total. The number of carbonyl (C=O) groups excluding carboxylic acids is 1. The lowest BCUT2D eigenvalue weighted by Gasteiger charge is -2.50. The first-order chi connectivity index (χ1) is 12.1. The number of rotatable bonds is 1.